The van der Waals surface area contributed by atoms with E-state index in [2.05, 4.69) is 72.7 Å². The number of phosphoric acid groups is 1. The lowest BCUT2D eigenvalue weighted by Crippen LogP contribution is -2.29. The van der Waals surface area contributed by atoms with Crippen molar-refractivity contribution in [2.24, 2.45) is 0 Å². The molecule has 11 heteroatoms. The van der Waals surface area contributed by atoms with Crippen LogP contribution in [-0.2, 0) is 32.7 Å². The first-order valence-electron chi connectivity index (χ1n) is 20.9. The maximum absolute atomic E-state index is 12.6. The van der Waals surface area contributed by atoms with Crippen molar-refractivity contribution in [3.05, 3.63) is 73.4 Å². The van der Waals surface area contributed by atoms with Crippen LogP contribution in [0.1, 0.15) is 155 Å². The van der Waals surface area contributed by atoms with Crippen molar-refractivity contribution < 1.29 is 47.8 Å². The molecule has 0 rings (SSSR count). The summed E-state index contributed by atoms with van der Waals surface area (Å²) in [4.78, 5) is 34.9. The summed E-state index contributed by atoms with van der Waals surface area (Å²) in [5.74, 6) is -1.00. The number of hydrogen-bond donors (Lipinski definition) is 3. The summed E-state index contributed by atoms with van der Waals surface area (Å²) >= 11 is 0. The van der Waals surface area contributed by atoms with Crippen LogP contribution in [0.3, 0.4) is 0 Å². The zero-order valence-corrected chi connectivity index (χ0v) is 34.8. The number of phosphoric ester groups is 1. The molecule has 3 N–H and O–H groups in total. The largest absolute Gasteiger partial charge is 0.472 e. The third-order valence-electron chi connectivity index (χ3n) is 8.49. The maximum atomic E-state index is 12.6. The molecule has 0 radical (unpaired) electrons. The minimum atomic E-state index is -4.63. The molecule has 0 aromatic heterocycles. The molecule has 0 fully saturated rings. The molecule has 0 spiro atoms. The van der Waals surface area contributed by atoms with E-state index < -0.39 is 51.8 Å². The molecule has 0 aromatic carbocycles. The molecule has 0 amide bonds. The van der Waals surface area contributed by atoms with Gasteiger partial charge in [0.2, 0.25) is 0 Å². The van der Waals surface area contributed by atoms with Crippen molar-refractivity contribution in [1.82, 2.24) is 0 Å². The third kappa shape index (κ3) is 39.4. The van der Waals surface area contributed by atoms with E-state index >= 15 is 0 Å². The lowest BCUT2D eigenvalue weighted by molar-refractivity contribution is -0.161. The fraction of sp³-hybridized carbons (Fsp3) is 0.682. The van der Waals surface area contributed by atoms with Crippen LogP contribution in [0.2, 0.25) is 0 Å². The van der Waals surface area contributed by atoms with Gasteiger partial charge in [0.15, 0.2) is 6.10 Å². The van der Waals surface area contributed by atoms with Gasteiger partial charge in [0, 0.05) is 12.8 Å². The number of esters is 2. The molecule has 10 nitrogen and oxygen atoms in total. The fourth-order valence-corrected chi connectivity index (χ4v) is 6.09. The Bertz CT molecular complexity index is 1130. The second kappa shape index (κ2) is 39.6. The van der Waals surface area contributed by atoms with Crippen LogP contribution in [-0.4, -0.2) is 65.7 Å². The number of carbonyl (C=O) groups is 2. The summed E-state index contributed by atoms with van der Waals surface area (Å²) in [6.45, 7) is 3.71. The Hall–Kier alpha value is -2.59. The third-order valence-corrected chi connectivity index (χ3v) is 9.44. The van der Waals surface area contributed by atoms with Gasteiger partial charge in [-0.1, -0.05) is 144 Å². The van der Waals surface area contributed by atoms with Crippen molar-refractivity contribution in [1.29, 1.82) is 0 Å². The average molecular weight is 795 g/mol. The highest BCUT2D eigenvalue weighted by Crippen LogP contribution is 2.43. The number of aliphatic hydroxyl groups is 2. The molecule has 316 valence electrons. The van der Waals surface area contributed by atoms with Gasteiger partial charge >= 0.3 is 19.8 Å². The number of ether oxygens (including phenoxy) is 2. The Morgan fingerprint density at radius 3 is 1.56 bits per heavy atom. The van der Waals surface area contributed by atoms with Gasteiger partial charge in [-0.25, -0.2) is 4.57 Å². The Kier molecular flexibility index (Phi) is 37.8. The lowest BCUT2D eigenvalue weighted by atomic mass is 10.0. The van der Waals surface area contributed by atoms with Gasteiger partial charge in [-0.05, 0) is 64.2 Å². The molecular formula is C44H75O10P. The minimum absolute atomic E-state index is 0.160. The van der Waals surface area contributed by atoms with E-state index in [-0.39, 0.29) is 19.4 Å². The highest BCUT2D eigenvalue weighted by molar-refractivity contribution is 7.47. The molecular weight excluding hydrogens is 719 g/mol. The molecule has 0 aromatic rings. The second-order valence-electron chi connectivity index (χ2n) is 13.7. The van der Waals surface area contributed by atoms with E-state index in [1.807, 2.05) is 12.2 Å². The highest BCUT2D eigenvalue weighted by Gasteiger charge is 2.27. The minimum Gasteiger partial charge on any atom is -0.462 e. The van der Waals surface area contributed by atoms with E-state index in [9.17, 15) is 24.2 Å². The lowest BCUT2D eigenvalue weighted by Gasteiger charge is -2.20. The van der Waals surface area contributed by atoms with E-state index in [1.54, 1.807) is 0 Å². The Labute approximate surface area is 333 Å². The molecule has 1 unspecified atom stereocenters. The SMILES string of the molecule is C=CCCCCCCCCCCCCCCCC(=O)O[C@H](COC(=O)CCC/C=C/C/C=C/C/C=C/C/C=C/C/C=C/CC)COP(=O)(O)OC[C@@H](O)CO. The molecule has 0 aliphatic heterocycles. The normalized spacial score (nSPS) is 14.4. The van der Waals surface area contributed by atoms with Gasteiger partial charge in [0.25, 0.3) is 0 Å². The van der Waals surface area contributed by atoms with Gasteiger partial charge in [-0.15, -0.1) is 6.58 Å². The number of carbonyl (C=O) groups excluding carboxylic acids is 2. The number of allylic oxidation sites excluding steroid dienone is 11. The Morgan fingerprint density at radius 1 is 0.600 bits per heavy atom. The van der Waals surface area contributed by atoms with Crippen LogP contribution in [0.15, 0.2) is 73.4 Å². The van der Waals surface area contributed by atoms with Gasteiger partial charge in [-0.2, -0.15) is 0 Å². The standard InChI is InChI=1S/C44H75O10P/c1-3-5-7-9-11-13-15-17-19-20-22-23-25-27-29-31-33-35-43(47)51-39-42(40-53-55(49,50)52-38-41(46)37-45)54-44(48)36-34-32-30-28-26-24-21-18-16-14-12-10-8-6-4-2/h4-5,7,11,13,17,19,22-23,27,29,41-42,45-46H,2-3,6,8-10,12,14-16,18,20-21,24-26,28,30-40H2,1H3,(H,49,50)/b7-5+,13-11+,19-17+,23-22+,29-27+/t41-,42+/m0/s1. The maximum Gasteiger partial charge on any atom is 0.472 e. The first-order chi connectivity index (χ1) is 26.7. The zero-order valence-electron chi connectivity index (χ0n) is 34.0. The summed E-state index contributed by atoms with van der Waals surface area (Å²) in [6.07, 6.45) is 43.4. The molecule has 0 aliphatic carbocycles. The van der Waals surface area contributed by atoms with Gasteiger partial charge in [0.05, 0.1) is 19.8 Å². The number of rotatable bonds is 39. The summed E-state index contributed by atoms with van der Waals surface area (Å²) in [6, 6.07) is 0. The predicted molar refractivity (Wildman–Crippen MR) is 223 cm³/mol. The van der Waals surface area contributed by atoms with Crippen molar-refractivity contribution in [2.45, 2.75) is 167 Å². The predicted octanol–water partition coefficient (Wildman–Crippen LogP) is 10.9. The van der Waals surface area contributed by atoms with Crippen molar-refractivity contribution in [3.63, 3.8) is 0 Å². The van der Waals surface area contributed by atoms with Crippen molar-refractivity contribution in [3.8, 4) is 0 Å². The van der Waals surface area contributed by atoms with E-state index in [4.69, 9.17) is 19.1 Å². The Balaban J connectivity index is 4.40. The first-order valence-corrected chi connectivity index (χ1v) is 22.3. The van der Waals surface area contributed by atoms with Crippen LogP contribution in [0.25, 0.3) is 0 Å². The van der Waals surface area contributed by atoms with Gasteiger partial charge < -0.3 is 24.6 Å². The van der Waals surface area contributed by atoms with Crippen molar-refractivity contribution >= 4 is 19.8 Å². The van der Waals surface area contributed by atoms with Gasteiger partial charge in [0.1, 0.15) is 12.7 Å². The molecule has 0 heterocycles. The fourth-order valence-electron chi connectivity index (χ4n) is 5.30. The van der Waals surface area contributed by atoms with Crippen LogP contribution in [0, 0.1) is 0 Å². The molecule has 0 saturated carbocycles. The monoisotopic (exact) mass is 795 g/mol. The average Bonchev–Trinajstić information content (AvgIpc) is 3.17. The van der Waals surface area contributed by atoms with Gasteiger partial charge in [-0.3, -0.25) is 18.6 Å². The molecule has 0 aliphatic rings. The van der Waals surface area contributed by atoms with E-state index in [0.717, 1.165) is 57.8 Å². The number of aliphatic hydroxyl groups excluding tert-OH is 2. The zero-order chi connectivity index (χ0) is 40.5. The van der Waals surface area contributed by atoms with E-state index in [1.165, 1.54) is 57.8 Å². The van der Waals surface area contributed by atoms with Crippen LogP contribution >= 0.6 is 7.82 Å². The van der Waals surface area contributed by atoms with E-state index in [0.29, 0.717) is 19.3 Å². The highest BCUT2D eigenvalue weighted by atomic mass is 31.2. The molecule has 55 heavy (non-hydrogen) atoms. The summed E-state index contributed by atoms with van der Waals surface area (Å²) in [5.41, 5.74) is 0. The molecule has 3 atom stereocenters. The summed E-state index contributed by atoms with van der Waals surface area (Å²) in [5, 5.41) is 18.3. The molecule has 0 saturated heterocycles. The van der Waals surface area contributed by atoms with Crippen molar-refractivity contribution in [2.75, 3.05) is 26.4 Å². The molecule has 0 bridgehead atoms. The first kappa shape index (κ1) is 52.4. The summed E-state index contributed by atoms with van der Waals surface area (Å²) in [7, 11) is -4.63. The topological polar surface area (TPSA) is 149 Å². The van der Waals surface area contributed by atoms with Crippen LogP contribution < -0.4 is 0 Å². The van der Waals surface area contributed by atoms with Crippen LogP contribution in [0.4, 0.5) is 0 Å². The van der Waals surface area contributed by atoms with Crippen LogP contribution in [0.5, 0.6) is 0 Å². The number of hydrogen-bond acceptors (Lipinski definition) is 9. The number of unbranched alkanes of at least 4 members (excludes halogenated alkanes) is 14. The second-order valence-corrected chi connectivity index (χ2v) is 15.2. The summed E-state index contributed by atoms with van der Waals surface area (Å²) < 4.78 is 32.6. The Morgan fingerprint density at radius 2 is 1.05 bits per heavy atom. The quantitative estimate of drug-likeness (QED) is 0.0237. The smallest absolute Gasteiger partial charge is 0.462 e.